The van der Waals surface area contributed by atoms with Gasteiger partial charge >= 0.3 is 13.1 Å². The molecule has 1 amide bonds. The molecule has 0 spiro atoms. The van der Waals surface area contributed by atoms with Crippen LogP contribution < -0.4 is 9.97 Å². The van der Waals surface area contributed by atoms with E-state index in [9.17, 15) is 19.7 Å². The Morgan fingerprint density at radius 1 is 1.22 bits per heavy atom. The second kappa shape index (κ2) is 6.62. The zero-order chi connectivity index (χ0) is 16.4. The fourth-order valence-corrected chi connectivity index (χ4v) is 3.38. The Labute approximate surface area is 135 Å². The number of carboxylic acid groups (broad SMARTS) is 1. The molecule has 0 saturated heterocycles. The molecule has 1 fully saturated rings. The first-order chi connectivity index (χ1) is 11.1. The van der Waals surface area contributed by atoms with Crippen molar-refractivity contribution in [3.63, 3.8) is 0 Å². The summed E-state index contributed by atoms with van der Waals surface area (Å²) in [5.74, 6) is -1.51. The first-order valence-electron chi connectivity index (χ1n) is 8.06. The van der Waals surface area contributed by atoms with Gasteiger partial charge in [0.05, 0.1) is 11.5 Å². The van der Waals surface area contributed by atoms with E-state index in [4.69, 9.17) is 4.65 Å². The molecule has 1 aromatic rings. The number of hydrogen-bond donors (Lipinski definition) is 3. The highest BCUT2D eigenvalue weighted by molar-refractivity contribution is 6.47. The molecule has 1 saturated carbocycles. The zero-order valence-corrected chi connectivity index (χ0v) is 12.8. The smallest absolute Gasteiger partial charge is 0.534 e. The van der Waals surface area contributed by atoms with Crippen LogP contribution in [0.3, 0.4) is 0 Å². The lowest BCUT2D eigenvalue weighted by Crippen LogP contribution is -2.54. The van der Waals surface area contributed by atoms with Gasteiger partial charge in [-0.3, -0.25) is 4.79 Å². The molecule has 1 heterocycles. The third-order valence-electron chi connectivity index (χ3n) is 4.65. The second-order valence-corrected chi connectivity index (χ2v) is 6.26. The minimum absolute atomic E-state index is 0.00250. The molecule has 3 N–H and O–H groups in total. The van der Waals surface area contributed by atoms with E-state index in [1.54, 1.807) is 12.1 Å². The minimum Gasteiger partial charge on any atom is -0.534 e. The number of aromatic carboxylic acids is 1. The third kappa shape index (κ3) is 3.34. The van der Waals surface area contributed by atoms with Crippen LogP contribution >= 0.6 is 0 Å². The van der Waals surface area contributed by atoms with E-state index >= 15 is 0 Å². The number of carbonyl (C=O) groups is 2. The fourth-order valence-electron chi connectivity index (χ4n) is 3.38. The number of carboxylic acids is 1. The summed E-state index contributed by atoms with van der Waals surface area (Å²) < 4.78 is 5.39. The number of hydrogen-bond acceptors (Lipinski definition) is 4. The van der Waals surface area contributed by atoms with Gasteiger partial charge in [0.2, 0.25) is 5.91 Å². The molecule has 1 atom stereocenters. The monoisotopic (exact) mass is 317 g/mol. The molecule has 1 unspecified atom stereocenters. The third-order valence-corrected chi connectivity index (χ3v) is 4.65. The molecule has 7 heteroatoms. The van der Waals surface area contributed by atoms with Crippen LogP contribution in [0, 0.1) is 5.92 Å². The van der Waals surface area contributed by atoms with Crippen LogP contribution in [0.1, 0.15) is 48.0 Å². The quantitative estimate of drug-likeness (QED) is 0.733. The lowest BCUT2D eigenvalue weighted by Gasteiger charge is -2.30. The van der Waals surface area contributed by atoms with E-state index in [-0.39, 0.29) is 23.1 Å². The largest absolute Gasteiger partial charge is 0.547 e. The first-order valence-corrected chi connectivity index (χ1v) is 8.06. The van der Waals surface area contributed by atoms with Gasteiger partial charge in [-0.25, -0.2) is 4.79 Å². The number of fused-ring (bicyclic) bond motifs is 1. The maximum absolute atomic E-state index is 12.3. The molecule has 2 aliphatic rings. The van der Waals surface area contributed by atoms with E-state index in [1.807, 2.05) is 0 Å². The van der Waals surface area contributed by atoms with Gasteiger partial charge < -0.3 is 20.1 Å². The van der Waals surface area contributed by atoms with Crippen molar-refractivity contribution in [2.24, 2.45) is 5.92 Å². The Balaban J connectivity index is 1.72. The van der Waals surface area contributed by atoms with E-state index in [1.165, 1.54) is 12.5 Å². The summed E-state index contributed by atoms with van der Waals surface area (Å²) in [7, 11) is -1.24. The summed E-state index contributed by atoms with van der Waals surface area (Å²) in [4.78, 5) is 23.5. The zero-order valence-electron chi connectivity index (χ0n) is 12.8. The van der Waals surface area contributed by atoms with Gasteiger partial charge in [-0.15, -0.1) is 0 Å². The Bertz CT molecular complexity index is 614. The topological polar surface area (TPSA) is 95.9 Å². The van der Waals surface area contributed by atoms with Crippen molar-refractivity contribution < 1.29 is 24.4 Å². The summed E-state index contributed by atoms with van der Waals surface area (Å²) >= 11 is 0. The fraction of sp³-hybridized carbons (Fsp3) is 0.500. The number of para-hydroxylation sites is 1. The first kappa shape index (κ1) is 15.9. The molecular weight excluding hydrogens is 297 g/mol. The van der Waals surface area contributed by atoms with E-state index in [2.05, 4.69) is 5.32 Å². The highest BCUT2D eigenvalue weighted by Gasteiger charge is 2.38. The predicted octanol–water partition coefficient (Wildman–Crippen LogP) is 1.40. The van der Waals surface area contributed by atoms with Crippen LogP contribution in [0.25, 0.3) is 0 Å². The molecule has 1 aliphatic carbocycles. The van der Waals surface area contributed by atoms with E-state index < -0.39 is 19.0 Å². The molecule has 0 bridgehead atoms. The van der Waals surface area contributed by atoms with Crippen molar-refractivity contribution in [2.45, 2.75) is 44.5 Å². The predicted molar refractivity (Wildman–Crippen MR) is 84.2 cm³/mol. The van der Waals surface area contributed by atoms with Crippen molar-refractivity contribution >= 4 is 19.0 Å². The number of amides is 1. The summed E-state index contributed by atoms with van der Waals surface area (Å²) in [5, 5.41) is 22.2. The number of rotatable bonds is 3. The van der Waals surface area contributed by atoms with Crippen LogP contribution in [0.2, 0.25) is 0 Å². The molecule has 1 aromatic carbocycles. The van der Waals surface area contributed by atoms with Gasteiger partial charge in [0, 0.05) is 5.92 Å². The Morgan fingerprint density at radius 2 is 1.96 bits per heavy atom. The maximum Gasteiger partial charge on any atom is 0.547 e. The molecule has 3 rings (SSSR count). The van der Waals surface area contributed by atoms with Gasteiger partial charge in [0.25, 0.3) is 0 Å². The van der Waals surface area contributed by atoms with Crippen molar-refractivity contribution in [2.75, 3.05) is 0 Å². The summed E-state index contributed by atoms with van der Waals surface area (Å²) in [5.41, 5.74) is 0.711. The van der Waals surface area contributed by atoms with Crippen LogP contribution in [0.15, 0.2) is 18.2 Å². The molecule has 0 aromatic heterocycles. The number of nitrogens with one attached hydrogen (secondary N) is 1. The highest BCUT2D eigenvalue weighted by atomic mass is 16.5. The van der Waals surface area contributed by atoms with Crippen molar-refractivity contribution in [3.05, 3.63) is 29.3 Å². The van der Waals surface area contributed by atoms with Crippen LogP contribution in [0.4, 0.5) is 0 Å². The molecule has 1 aliphatic heterocycles. The van der Waals surface area contributed by atoms with Gasteiger partial charge in [-0.05, 0) is 30.9 Å². The lowest BCUT2D eigenvalue weighted by molar-refractivity contribution is -0.126. The molecule has 122 valence electrons. The van der Waals surface area contributed by atoms with Gasteiger partial charge in [0.15, 0.2) is 0 Å². The lowest BCUT2D eigenvalue weighted by atomic mass is 9.72. The highest BCUT2D eigenvalue weighted by Crippen LogP contribution is 2.30. The van der Waals surface area contributed by atoms with E-state index in [0.717, 1.165) is 25.7 Å². The summed E-state index contributed by atoms with van der Waals surface area (Å²) in [6.07, 6.45) is 5.42. The molecule has 6 nitrogen and oxygen atoms in total. The minimum atomic E-state index is -1.24. The maximum atomic E-state index is 12.3. The normalized spacial score (nSPS) is 21.3. The van der Waals surface area contributed by atoms with Crippen LogP contribution in [-0.2, 0) is 11.2 Å². The van der Waals surface area contributed by atoms with Crippen LogP contribution in [0.5, 0.6) is 5.75 Å². The van der Waals surface area contributed by atoms with Crippen LogP contribution in [-0.4, -0.2) is 35.1 Å². The van der Waals surface area contributed by atoms with Crippen molar-refractivity contribution in [3.8, 4) is 5.75 Å². The Kier molecular flexibility index (Phi) is 4.57. The van der Waals surface area contributed by atoms with Crippen molar-refractivity contribution in [1.29, 1.82) is 0 Å². The van der Waals surface area contributed by atoms with E-state index in [0.29, 0.717) is 12.0 Å². The molecule has 23 heavy (non-hydrogen) atoms. The van der Waals surface area contributed by atoms with Crippen molar-refractivity contribution in [1.82, 2.24) is 5.32 Å². The van der Waals surface area contributed by atoms with Gasteiger partial charge in [-0.2, -0.15) is 0 Å². The summed E-state index contributed by atoms with van der Waals surface area (Å²) in [6, 6.07) is 4.84. The number of carbonyl (C=O) groups excluding carboxylic acids is 1. The Morgan fingerprint density at radius 3 is 2.65 bits per heavy atom. The average molecular weight is 317 g/mol. The molecular formula is C16H20BNO5. The van der Waals surface area contributed by atoms with Gasteiger partial charge in [-0.1, -0.05) is 31.4 Å². The average Bonchev–Trinajstić information content (AvgIpc) is 2.55. The standard InChI is InChI=1S/C16H20BNO5/c19-15(10-5-2-1-3-6-10)18-13-9-11-7-4-8-12(16(20)21)14(11)23-17(13)22/h4,7-8,10,13,22H,1-3,5-6,9H2,(H,18,19)(H,20,21). The Hall–Kier alpha value is -2.02. The number of benzene rings is 1. The second-order valence-electron chi connectivity index (χ2n) is 6.26. The SMILES string of the molecule is O=C(O)c1cccc2c1OB(O)C(NC(=O)C1CCCCC1)C2. The summed E-state index contributed by atoms with van der Waals surface area (Å²) in [6.45, 7) is 0. The molecule has 0 radical (unpaired) electrons. The van der Waals surface area contributed by atoms with Gasteiger partial charge in [0.1, 0.15) is 5.75 Å².